The second-order valence-corrected chi connectivity index (χ2v) is 7.08. The highest BCUT2D eigenvalue weighted by Gasteiger charge is 2.25. The summed E-state index contributed by atoms with van der Waals surface area (Å²) in [6.45, 7) is 3.44. The van der Waals surface area contributed by atoms with Gasteiger partial charge >= 0.3 is 0 Å². The second-order valence-electron chi connectivity index (χ2n) is 7.08. The molecule has 2 aromatic rings. The number of halogens is 1. The molecule has 3 N–H and O–H groups in total. The maximum absolute atomic E-state index is 12.1. The van der Waals surface area contributed by atoms with Gasteiger partial charge in [-0.05, 0) is 43.0 Å². The molecular weight excluding hydrogens is 463 g/mol. The molecule has 0 unspecified atom stereocenters. The number of hydrogen-bond donors (Lipinski definition) is 3. The predicted octanol–water partition coefficient (Wildman–Crippen LogP) is 4.22. The summed E-state index contributed by atoms with van der Waals surface area (Å²) in [7, 11) is 1.76. The quantitative estimate of drug-likeness (QED) is 0.322. The van der Waals surface area contributed by atoms with Crippen LogP contribution in [0.1, 0.15) is 36.0 Å². The topological polar surface area (TPSA) is 65.5 Å². The highest BCUT2D eigenvalue weighted by molar-refractivity contribution is 14.0. The maximum Gasteiger partial charge on any atom is 0.227 e. The number of aryl methyl sites for hydroxylation is 1. The van der Waals surface area contributed by atoms with Gasteiger partial charge in [-0.2, -0.15) is 0 Å². The van der Waals surface area contributed by atoms with E-state index in [4.69, 9.17) is 0 Å². The molecule has 6 heteroatoms. The average molecular weight is 492 g/mol. The summed E-state index contributed by atoms with van der Waals surface area (Å²) in [6.07, 6.45) is 3.18. The van der Waals surface area contributed by atoms with Crippen LogP contribution in [0.25, 0.3) is 0 Å². The first-order chi connectivity index (χ1) is 13.1. The predicted molar refractivity (Wildman–Crippen MR) is 126 cm³/mol. The van der Waals surface area contributed by atoms with Gasteiger partial charge < -0.3 is 16.0 Å². The molecule has 0 atom stereocenters. The Morgan fingerprint density at radius 2 is 1.71 bits per heavy atom. The molecule has 1 aliphatic rings. The smallest absolute Gasteiger partial charge is 0.227 e. The van der Waals surface area contributed by atoms with Crippen LogP contribution in [0.5, 0.6) is 0 Å². The molecule has 0 saturated heterocycles. The lowest BCUT2D eigenvalue weighted by Gasteiger charge is -2.24. The minimum Gasteiger partial charge on any atom is -0.352 e. The van der Waals surface area contributed by atoms with Crippen molar-refractivity contribution in [1.29, 1.82) is 0 Å². The zero-order valence-electron chi connectivity index (χ0n) is 16.5. The summed E-state index contributed by atoms with van der Waals surface area (Å²) in [5.74, 6) is 1.08. The first-order valence-electron chi connectivity index (χ1n) is 9.54. The van der Waals surface area contributed by atoms with E-state index >= 15 is 0 Å². The third-order valence-corrected chi connectivity index (χ3v) is 4.93. The molecule has 28 heavy (non-hydrogen) atoms. The molecule has 0 radical (unpaired) electrons. The number of anilines is 1. The Hall–Kier alpha value is -2.09. The highest BCUT2D eigenvalue weighted by atomic mass is 127. The van der Waals surface area contributed by atoms with E-state index in [-0.39, 0.29) is 35.8 Å². The number of hydrogen-bond acceptors (Lipinski definition) is 2. The Balaban J connectivity index is 0.00000280. The Labute approximate surface area is 184 Å². The molecule has 3 rings (SSSR count). The molecule has 0 heterocycles. The zero-order chi connectivity index (χ0) is 19.1. The third-order valence-electron chi connectivity index (χ3n) is 4.93. The Bertz CT molecular complexity index is 800. The molecule has 1 amide bonds. The van der Waals surface area contributed by atoms with Crippen molar-refractivity contribution >= 4 is 41.5 Å². The van der Waals surface area contributed by atoms with Gasteiger partial charge in [-0.15, -0.1) is 24.0 Å². The van der Waals surface area contributed by atoms with Gasteiger partial charge in [-0.3, -0.25) is 9.79 Å². The third kappa shape index (κ3) is 6.51. The molecule has 0 aliphatic heterocycles. The van der Waals surface area contributed by atoms with Crippen LogP contribution in [-0.2, 0) is 17.9 Å². The summed E-state index contributed by atoms with van der Waals surface area (Å²) in [6, 6.07) is 16.4. The van der Waals surface area contributed by atoms with Crippen LogP contribution in [0.3, 0.4) is 0 Å². The molecule has 1 saturated carbocycles. The Kier molecular flexibility index (Phi) is 8.76. The Morgan fingerprint density at radius 1 is 1.04 bits per heavy atom. The Morgan fingerprint density at radius 3 is 2.32 bits per heavy atom. The summed E-state index contributed by atoms with van der Waals surface area (Å²) >= 11 is 0. The van der Waals surface area contributed by atoms with Crippen molar-refractivity contribution in [2.45, 2.75) is 39.3 Å². The van der Waals surface area contributed by atoms with Gasteiger partial charge in [0.2, 0.25) is 5.91 Å². The van der Waals surface area contributed by atoms with E-state index in [1.165, 1.54) is 11.1 Å². The van der Waals surface area contributed by atoms with Crippen LogP contribution in [0.15, 0.2) is 53.5 Å². The molecule has 150 valence electrons. The van der Waals surface area contributed by atoms with Gasteiger partial charge in [0, 0.05) is 31.7 Å². The van der Waals surface area contributed by atoms with E-state index in [9.17, 15) is 4.79 Å². The maximum atomic E-state index is 12.1. The number of aliphatic imine (C=N–C) groups is 1. The van der Waals surface area contributed by atoms with E-state index in [0.717, 1.165) is 43.0 Å². The molecule has 0 aromatic heterocycles. The lowest BCUT2D eigenvalue weighted by molar-refractivity contribution is -0.122. The molecule has 2 aromatic carbocycles. The van der Waals surface area contributed by atoms with Gasteiger partial charge in [0.25, 0.3) is 0 Å². The molecule has 5 nitrogen and oxygen atoms in total. The first kappa shape index (κ1) is 22.2. The normalized spacial score (nSPS) is 13.9. The van der Waals surface area contributed by atoms with Crippen LogP contribution in [0.2, 0.25) is 0 Å². The van der Waals surface area contributed by atoms with E-state index in [1.807, 2.05) is 24.3 Å². The van der Waals surface area contributed by atoms with Crippen LogP contribution >= 0.6 is 24.0 Å². The largest absolute Gasteiger partial charge is 0.352 e. The van der Waals surface area contributed by atoms with Gasteiger partial charge in [0.1, 0.15) is 0 Å². The van der Waals surface area contributed by atoms with Crippen molar-refractivity contribution in [3.63, 3.8) is 0 Å². The number of guanidine groups is 1. The zero-order valence-corrected chi connectivity index (χ0v) is 18.8. The summed E-state index contributed by atoms with van der Waals surface area (Å²) in [4.78, 5) is 16.4. The second kappa shape index (κ2) is 11.0. The number of carbonyl (C=O) groups is 1. The van der Waals surface area contributed by atoms with Gasteiger partial charge in [0.05, 0.1) is 0 Å². The minimum atomic E-state index is 0. The SMILES string of the molecule is CN=C(NCc1ccc(C)cc1)NCc1cccc(NC(=O)C2CCC2)c1.I. The fourth-order valence-corrected chi connectivity index (χ4v) is 2.97. The minimum absolute atomic E-state index is 0. The summed E-state index contributed by atoms with van der Waals surface area (Å²) in [5, 5.41) is 9.67. The number of nitrogens with zero attached hydrogens (tertiary/aromatic N) is 1. The summed E-state index contributed by atoms with van der Waals surface area (Å²) in [5.41, 5.74) is 4.42. The monoisotopic (exact) mass is 492 g/mol. The number of rotatable bonds is 6. The van der Waals surface area contributed by atoms with E-state index in [2.05, 4.69) is 52.1 Å². The average Bonchev–Trinajstić information content (AvgIpc) is 2.62. The van der Waals surface area contributed by atoms with Crippen molar-refractivity contribution < 1.29 is 4.79 Å². The lowest BCUT2D eigenvalue weighted by Crippen LogP contribution is -2.36. The van der Waals surface area contributed by atoms with Gasteiger partial charge in [-0.25, -0.2) is 0 Å². The van der Waals surface area contributed by atoms with Crippen molar-refractivity contribution in [2.75, 3.05) is 12.4 Å². The van der Waals surface area contributed by atoms with Crippen LogP contribution in [-0.4, -0.2) is 18.9 Å². The molecule has 0 spiro atoms. The van der Waals surface area contributed by atoms with Crippen molar-refractivity contribution in [3.8, 4) is 0 Å². The van der Waals surface area contributed by atoms with E-state index in [1.54, 1.807) is 7.05 Å². The van der Waals surface area contributed by atoms with Gasteiger partial charge in [-0.1, -0.05) is 48.4 Å². The summed E-state index contributed by atoms with van der Waals surface area (Å²) < 4.78 is 0. The lowest BCUT2D eigenvalue weighted by atomic mass is 9.85. The standard InChI is InChI=1S/C22H28N4O.HI/c1-16-9-11-17(12-10-16)14-24-22(23-2)25-15-18-5-3-8-20(13-18)26-21(27)19-6-4-7-19;/h3,5,8-13,19H,4,6-7,14-15H2,1-2H3,(H,26,27)(H2,23,24,25);1H. The number of benzene rings is 2. The molecule has 1 fully saturated rings. The number of nitrogens with one attached hydrogen (secondary N) is 3. The van der Waals surface area contributed by atoms with Crippen LogP contribution in [0, 0.1) is 12.8 Å². The highest BCUT2D eigenvalue weighted by Crippen LogP contribution is 2.27. The molecule has 0 bridgehead atoms. The fourth-order valence-electron chi connectivity index (χ4n) is 2.97. The van der Waals surface area contributed by atoms with Crippen molar-refractivity contribution in [3.05, 3.63) is 65.2 Å². The van der Waals surface area contributed by atoms with E-state index in [0.29, 0.717) is 6.54 Å². The first-order valence-corrected chi connectivity index (χ1v) is 9.54. The van der Waals surface area contributed by atoms with Crippen molar-refractivity contribution in [2.24, 2.45) is 10.9 Å². The van der Waals surface area contributed by atoms with Gasteiger partial charge in [0.15, 0.2) is 5.96 Å². The fraction of sp³-hybridized carbons (Fsp3) is 0.364. The number of amides is 1. The van der Waals surface area contributed by atoms with Crippen molar-refractivity contribution in [1.82, 2.24) is 10.6 Å². The van der Waals surface area contributed by atoms with E-state index < -0.39 is 0 Å². The number of carbonyl (C=O) groups excluding carboxylic acids is 1. The molecular formula is C22H29IN4O. The van der Waals surface area contributed by atoms with Crippen LogP contribution < -0.4 is 16.0 Å². The molecule has 1 aliphatic carbocycles. The van der Waals surface area contributed by atoms with Crippen LogP contribution in [0.4, 0.5) is 5.69 Å².